The van der Waals surface area contributed by atoms with Gasteiger partial charge in [0.2, 0.25) is 0 Å². The highest BCUT2D eigenvalue weighted by atomic mass is 32.1. The smallest absolute Gasteiger partial charge is 0.407 e. The molecule has 0 saturated carbocycles. The molecule has 1 aromatic heterocycles. The van der Waals surface area contributed by atoms with Crippen molar-refractivity contribution >= 4 is 17.4 Å². The van der Waals surface area contributed by atoms with E-state index in [-0.39, 0.29) is 6.61 Å². The molecule has 2 N–H and O–H groups in total. The molecule has 1 amide bonds. The molecule has 0 atom stereocenters. The molecule has 4 nitrogen and oxygen atoms in total. The summed E-state index contributed by atoms with van der Waals surface area (Å²) in [5.41, 5.74) is 0.850. The Morgan fingerprint density at radius 3 is 3.18 bits per heavy atom. The molecule has 0 aromatic carbocycles. The van der Waals surface area contributed by atoms with Gasteiger partial charge in [0, 0.05) is 15.8 Å². The van der Waals surface area contributed by atoms with Crippen LogP contribution in [0.4, 0.5) is 4.79 Å². The second-order valence-electron chi connectivity index (χ2n) is 3.25. The number of amides is 1. The van der Waals surface area contributed by atoms with E-state index in [0.29, 0.717) is 13.2 Å². The molecule has 0 aliphatic heterocycles. The van der Waals surface area contributed by atoms with Gasteiger partial charge in [-0.2, -0.15) is 0 Å². The quantitative estimate of drug-likeness (QED) is 0.803. The third-order valence-corrected chi connectivity index (χ3v) is 2.75. The number of hydrogen-bond donors (Lipinski definition) is 2. The fraction of sp³-hybridized carbons (Fsp3) is 0.417. The highest BCUT2D eigenvalue weighted by molar-refractivity contribution is 7.10. The molecule has 0 aliphatic rings. The van der Waals surface area contributed by atoms with Gasteiger partial charge in [0.1, 0.15) is 6.61 Å². The summed E-state index contributed by atoms with van der Waals surface area (Å²) in [6.45, 7) is 2.67. The first kappa shape index (κ1) is 13.6. The van der Waals surface area contributed by atoms with Gasteiger partial charge >= 0.3 is 6.09 Å². The Balaban J connectivity index is 2.36. The van der Waals surface area contributed by atoms with Gasteiger partial charge in [-0.1, -0.05) is 18.8 Å². The number of alkyl carbamates (subject to hydrolysis) is 1. The van der Waals surface area contributed by atoms with Gasteiger partial charge in [-0.3, -0.25) is 0 Å². The van der Waals surface area contributed by atoms with Crippen LogP contribution in [-0.4, -0.2) is 24.4 Å². The lowest BCUT2D eigenvalue weighted by atomic mass is 10.3. The molecule has 0 unspecified atom stereocenters. The van der Waals surface area contributed by atoms with Gasteiger partial charge < -0.3 is 15.2 Å². The van der Waals surface area contributed by atoms with E-state index in [4.69, 9.17) is 9.84 Å². The van der Waals surface area contributed by atoms with Gasteiger partial charge in [-0.25, -0.2) is 4.79 Å². The van der Waals surface area contributed by atoms with Gasteiger partial charge in [0.05, 0.1) is 13.2 Å². The molecule has 1 heterocycles. The molecule has 0 aliphatic carbocycles. The first-order valence-electron chi connectivity index (χ1n) is 5.34. The first-order valence-corrected chi connectivity index (χ1v) is 6.22. The Labute approximate surface area is 105 Å². The van der Waals surface area contributed by atoms with Crippen LogP contribution in [0.25, 0.3) is 0 Å². The number of carbonyl (C=O) groups excluding carboxylic acids is 1. The van der Waals surface area contributed by atoms with Crippen molar-refractivity contribution in [3.8, 4) is 11.8 Å². The Bertz CT molecular complexity index is 417. The van der Waals surface area contributed by atoms with Crippen LogP contribution in [0.5, 0.6) is 0 Å². The number of nitrogens with one attached hydrogen (secondary N) is 1. The zero-order chi connectivity index (χ0) is 12.5. The predicted molar refractivity (Wildman–Crippen MR) is 66.8 cm³/mol. The molecular weight excluding hydrogens is 238 g/mol. The third kappa shape index (κ3) is 5.38. The SMILES string of the molecule is CCCOC(=O)NCc1cc(C#CCO)cs1. The van der Waals surface area contributed by atoms with E-state index in [1.807, 2.05) is 18.4 Å². The summed E-state index contributed by atoms with van der Waals surface area (Å²) in [5, 5.41) is 13.1. The zero-order valence-corrected chi connectivity index (χ0v) is 10.5. The van der Waals surface area contributed by atoms with E-state index in [1.165, 1.54) is 11.3 Å². The Hall–Kier alpha value is -1.51. The van der Waals surface area contributed by atoms with E-state index in [9.17, 15) is 4.79 Å². The lowest BCUT2D eigenvalue weighted by molar-refractivity contribution is 0.146. The maximum Gasteiger partial charge on any atom is 0.407 e. The van der Waals surface area contributed by atoms with Crippen LogP contribution in [-0.2, 0) is 11.3 Å². The van der Waals surface area contributed by atoms with Crippen molar-refractivity contribution in [2.45, 2.75) is 19.9 Å². The second kappa shape index (κ2) is 7.71. The molecule has 0 radical (unpaired) electrons. The number of aliphatic hydroxyl groups excluding tert-OH is 1. The van der Waals surface area contributed by atoms with Crippen molar-refractivity contribution in [3.05, 3.63) is 21.9 Å². The minimum absolute atomic E-state index is 0.146. The Morgan fingerprint density at radius 1 is 1.65 bits per heavy atom. The van der Waals surface area contributed by atoms with Gasteiger partial charge in [0.15, 0.2) is 0 Å². The minimum Gasteiger partial charge on any atom is -0.450 e. The summed E-state index contributed by atoms with van der Waals surface area (Å²) < 4.78 is 4.88. The summed E-state index contributed by atoms with van der Waals surface area (Å²) in [7, 11) is 0. The maximum absolute atomic E-state index is 11.2. The van der Waals surface area contributed by atoms with Crippen LogP contribution >= 0.6 is 11.3 Å². The molecular formula is C12H15NO3S. The summed E-state index contributed by atoms with van der Waals surface area (Å²) in [5.74, 6) is 5.37. The number of rotatable bonds is 4. The topological polar surface area (TPSA) is 58.6 Å². The third-order valence-electron chi connectivity index (χ3n) is 1.81. The summed E-state index contributed by atoms with van der Waals surface area (Å²) >= 11 is 1.51. The van der Waals surface area contributed by atoms with Crippen molar-refractivity contribution in [1.82, 2.24) is 5.32 Å². The summed E-state index contributed by atoms with van der Waals surface area (Å²) in [6.07, 6.45) is 0.413. The second-order valence-corrected chi connectivity index (χ2v) is 4.25. The van der Waals surface area contributed by atoms with E-state index in [1.54, 1.807) is 0 Å². The van der Waals surface area contributed by atoms with Crippen LogP contribution in [0, 0.1) is 11.8 Å². The predicted octanol–water partition coefficient (Wildman–Crippen LogP) is 1.73. The largest absolute Gasteiger partial charge is 0.450 e. The minimum atomic E-state index is -0.400. The van der Waals surface area contributed by atoms with Crippen LogP contribution < -0.4 is 5.32 Å². The van der Waals surface area contributed by atoms with Crippen LogP contribution in [0.15, 0.2) is 11.4 Å². The van der Waals surface area contributed by atoms with Gasteiger partial charge in [-0.15, -0.1) is 11.3 Å². The van der Waals surface area contributed by atoms with Crippen molar-refractivity contribution in [1.29, 1.82) is 0 Å². The number of thiophene rings is 1. The molecule has 0 fully saturated rings. The Morgan fingerprint density at radius 2 is 2.47 bits per heavy atom. The normalized spacial score (nSPS) is 9.29. The van der Waals surface area contributed by atoms with E-state index in [2.05, 4.69) is 17.2 Å². The molecule has 5 heteroatoms. The average molecular weight is 253 g/mol. The van der Waals surface area contributed by atoms with E-state index < -0.39 is 6.09 Å². The molecule has 1 aromatic rings. The van der Waals surface area contributed by atoms with Crippen molar-refractivity contribution in [2.24, 2.45) is 0 Å². The Kier molecular flexibility index (Phi) is 6.15. The fourth-order valence-corrected chi connectivity index (χ4v) is 1.84. The molecule has 92 valence electrons. The average Bonchev–Trinajstić information content (AvgIpc) is 2.79. The number of aliphatic hydroxyl groups is 1. The zero-order valence-electron chi connectivity index (χ0n) is 9.66. The van der Waals surface area contributed by atoms with Crippen molar-refractivity contribution < 1.29 is 14.6 Å². The molecule has 1 rings (SSSR count). The van der Waals surface area contributed by atoms with Crippen LogP contribution in [0.2, 0.25) is 0 Å². The lowest BCUT2D eigenvalue weighted by Gasteiger charge is -2.03. The highest BCUT2D eigenvalue weighted by Gasteiger charge is 2.02. The van der Waals surface area contributed by atoms with E-state index >= 15 is 0 Å². The molecule has 17 heavy (non-hydrogen) atoms. The van der Waals surface area contributed by atoms with E-state index in [0.717, 1.165) is 16.9 Å². The number of hydrogen-bond acceptors (Lipinski definition) is 4. The van der Waals surface area contributed by atoms with Gasteiger partial charge in [-0.05, 0) is 12.5 Å². The monoisotopic (exact) mass is 253 g/mol. The standard InChI is InChI=1S/C12H15NO3S/c1-2-6-16-12(15)13-8-11-7-10(9-17-11)4-3-5-14/h7,9,14H,2,5-6,8H2,1H3,(H,13,15). The van der Waals surface area contributed by atoms with Crippen molar-refractivity contribution in [2.75, 3.05) is 13.2 Å². The van der Waals surface area contributed by atoms with Crippen LogP contribution in [0.1, 0.15) is 23.8 Å². The van der Waals surface area contributed by atoms with Crippen LogP contribution in [0.3, 0.4) is 0 Å². The number of carbonyl (C=O) groups is 1. The maximum atomic E-state index is 11.2. The highest BCUT2D eigenvalue weighted by Crippen LogP contribution is 2.13. The fourth-order valence-electron chi connectivity index (χ4n) is 1.09. The molecule has 0 bridgehead atoms. The molecule has 0 saturated heterocycles. The summed E-state index contributed by atoms with van der Waals surface area (Å²) in [4.78, 5) is 12.2. The first-order chi connectivity index (χ1) is 8.26. The number of ether oxygens (including phenoxy) is 1. The van der Waals surface area contributed by atoms with Crippen molar-refractivity contribution in [3.63, 3.8) is 0 Å². The molecule has 0 spiro atoms. The summed E-state index contributed by atoms with van der Waals surface area (Å²) in [6, 6.07) is 1.88. The lowest BCUT2D eigenvalue weighted by Crippen LogP contribution is -2.23. The van der Waals surface area contributed by atoms with Gasteiger partial charge in [0.25, 0.3) is 0 Å².